The molecule has 0 aliphatic carbocycles. The van der Waals surface area contributed by atoms with Gasteiger partial charge in [0.15, 0.2) is 5.96 Å². The molecule has 0 aliphatic heterocycles. The van der Waals surface area contributed by atoms with Crippen LogP contribution >= 0.6 is 23.7 Å². The summed E-state index contributed by atoms with van der Waals surface area (Å²) in [4.78, 5) is 3.87. The Morgan fingerprint density at radius 1 is 1.22 bits per heavy atom. The van der Waals surface area contributed by atoms with E-state index < -0.39 is 0 Å². The second kappa shape index (κ2) is 5.79. The SMILES string of the molecule is Cc1ccc(-c2nnc(N=C(N)N)s2)c(C)c1.Cl. The summed E-state index contributed by atoms with van der Waals surface area (Å²) in [6.07, 6.45) is 0. The Kier molecular flexibility index (Phi) is 4.63. The lowest BCUT2D eigenvalue weighted by atomic mass is 10.1. The monoisotopic (exact) mass is 283 g/mol. The van der Waals surface area contributed by atoms with Crippen molar-refractivity contribution in [3.05, 3.63) is 29.3 Å². The van der Waals surface area contributed by atoms with Gasteiger partial charge in [0, 0.05) is 5.56 Å². The zero-order valence-corrected chi connectivity index (χ0v) is 11.7. The molecule has 18 heavy (non-hydrogen) atoms. The Balaban J connectivity index is 0.00000162. The van der Waals surface area contributed by atoms with E-state index in [-0.39, 0.29) is 18.4 Å². The van der Waals surface area contributed by atoms with Crippen molar-refractivity contribution in [2.24, 2.45) is 16.5 Å². The van der Waals surface area contributed by atoms with Gasteiger partial charge < -0.3 is 11.5 Å². The van der Waals surface area contributed by atoms with Crippen LogP contribution in [0, 0.1) is 13.8 Å². The van der Waals surface area contributed by atoms with Crippen molar-refractivity contribution in [1.29, 1.82) is 0 Å². The normalized spacial score (nSPS) is 9.67. The molecule has 4 N–H and O–H groups in total. The first-order valence-corrected chi connectivity index (χ1v) is 5.88. The Morgan fingerprint density at radius 2 is 1.94 bits per heavy atom. The van der Waals surface area contributed by atoms with Crippen molar-refractivity contribution < 1.29 is 0 Å². The van der Waals surface area contributed by atoms with E-state index >= 15 is 0 Å². The number of benzene rings is 1. The van der Waals surface area contributed by atoms with Crippen LogP contribution in [-0.2, 0) is 0 Å². The molecule has 2 rings (SSSR count). The first-order chi connectivity index (χ1) is 8.06. The highest BCUT2D eigenvalue weighted by molar-refractivity contribution is 7.18. The summed E-state index contributed by atoms with van der Waals surface area (Å²) in [5.74, 6) is -0.00618. The molecule has 96 valence electrons. The minimum atomic E-state index is -0.00618. The number of hydrogen-bond acceptors (Lipinski definition) is 4. The molecule has 0 saturated heterocycles. The summed E-state index contributed by atoms with van der Waals surface area (Å²) in [5.41, 5.74) is 14.0. The Morgan fingerprint density at radius 3 is 2.56 bits per heavy atom. The third-order valence-corrected chi connectivity index (χ3v) is 3.10. The molecule has 2 aromatic rings. The van der Waals surface area contributed by atoms with E-state index in [1.54, 1.807) is 0 Å². The second-order valence-corrected chi connectivity index (χ2v) is 4.70. The Hall–Kier alpha value is -1.66. The summed E-state index contributed by atoms with van der Waals surface area (Å²) in [6, 6.07) is 6.19. The number of hydrogen-bond donors (Lipinski definition) is 2. The van der Waals surface area contributed by atoms with E-state index in [2.05, 4.69) is 28.2 Å². The topological polar surface area (TPSA) is 90.2 Å². The number of aryl methyl sites for hydroxylation is 2. The lowest BCUT2D eigenvalue weighted by Crippen LogP contribution is -2.21. The van der Waals surface area contributed by atoms with Crippen molar-refractivity contribution in [3.63, 3.8) is 0 Å². The van der Waals surface area contributed by atoms with Crippen LogP contribution in [0.3, 0.4) is 0 Å². The minimum absolute atomic E-state index is 0. The van der Waals surface area contributed by atoms with Crippen LogP contribution in [0.25, 0.3) is 10.6 Å². The van der Waals surface area contributed by atoms with E-state index in [0.717, 1.165) is 16.1 Å². The third kappa shape index (κ3) is 3.18. The molecule has 0 spiro atoms. The van der Waals surface area contributed by atoms with Gasteiger partial charge in [-0.25, -0.2) is 0 Å². The van der Waals surface area contributed by atoms with Crippen molar-refractivity contribution in [2.75, 3.05) is 0 Å². The number of aromatic nitrogens is 2. The van der Waals surface area contributed by atoms with Crippen LogP contribution in [0.4, 0.5) is 5.13 Å². The molecule has 1 aromatic heterocycles. The number of aliphatic imine (C=N–C) groups is 1. The quantitative estimate of drug-likeness (QED) is 0.653. The van der Waals surface area contributed by atoms with E-state index in [9.17, 15) is 0 Å². The smallest absolute Gasteiger partial charge is 0.235 e. The number of halogens is 1. The number of nitrogens with zero attached hydrogens (tertiary/aromatic N) is 3. The Labute approximate surface area is 115 Å². The van der Waals surface area contributed by atoms with Gasteiger partial charge in [-0.2, -0.15) is 4.99 Å². The van der Waals surface area contributed by atoms with E-state index in [0.29, 0.717) is 5.13 Å². The highest BCUT2D eigenvalue weighted by atomic mass is 35.5. The first-order valence-electron chi connectivity index (χ1n) is 5.07. The third-order valence-electron chi connectivity index (χ3n) is 2.25. The summed E-state index contributed by atoms with van der Waals surface area (Å²) >= 11 is 1.36. The van der Waals surface area contributed by atoms with Crippen LogP contribution in [0.1, 0.15) is 11.1 Å². The van der Waals surface area contributed by atoms with Crippen molar-refractivity contribution in [3.8, 4) is 10.6 Å². The summed E-state index contributed by atoms with van der Waals surface area (Å²) in [5, 5.41) is 9.29. The maximum absolute atomic E-state index is 5.29. The van der Waals surface area contributed by atoms with Gasteiger partial charge in [-0.3, -0.25) is 0 Å². The molecule has 1 heterocycles. The number of guanidine groups is 1. The maximum atomic E-state index is 5.29. The zero-order valence-electron chi connectivity index (χ0n) is 10.0. The predicted molar refractivity (Wildman–Crippen MR) is 77.5 cm³/mol. The van der Waals surface area contributed by atoms with E-state index in [4.69, 9.17) is 11.5 Å². The van der Waals surface area contributed by atoms with Gasteiger partial charge in [0.25, 0.3) is 0 Å². The van der Waals surface area contributed by atoms with Crippen LogP contribution in [-0.4, -0.2) is 16.2 Å². The van der Waals surface area contributed by atoms with Crippen LogP contribution in [0.15, 0.2) is 23.2 Å². The summed E-state index contributed by atoms with van der Waals surface area (Å²) < 4.78 is 0. The molecular formula is C11H14ClN5S. The summed E-state index contributed by atoms with van der Waals surface area (Å²) in [7, 11) is 0. The first kappa shape index (κ1) is 14.4. The molecule has 0 aliphatic rings. The average Bonchev–Trinajstić information content (AvgIpc) is 2.65. The van der Waals surface area contributed by atoms with Gasteiger partial charge >= 0.3 is 0 Å². The molecule has 7 heteroatoms. The minimum Gasteiger partial charge on any atom is -0.370 e. The fraction of sp³-hybridized carbons (Fsp3) is 0.182. The van der Waals surface area contributed by atoms with Crippen molar-refractivity contribution >= 4 is 34.8 Å². The van der Waals surface area contributed by atoms with Gasteiger partial charge in [0.05, 0.1) is 0 Å². The fourth-order valence-corrected chi connectivity index (χ4v) is 2.36. The van der Waals surface area contributed by atoms with Crippen LogP contribution in [0.5, 0.6) is 0 Å². The molecule has 0 fully saturated rings. The molecule has 5 nitrogen and oxygen atoms in total. The number of rotatable bonds is 2. The zero-order chi connectivity index (χ0) is 12.4. The average molecular weight is 284 g/mol. The largest absolute Gasteiger partial charge is 0.370 e. The van der Waals surface area contributed by atoms with Gasteiger partial charge in [0.1, 0.15) is 5.01 Å². The number of nitrogens with two attached hydrogens (primary N) is 2. The van der Waals surface area contributed by atoms with Gasteiger partial charge in [-0.15, -0.1) is 22.6 Å². The molecule has 0 unspecified atom stereocenters. The molecule has 0 radical (unpaired) electrons. The molecule has 0 atom stereocenters. The van der Waals surface area contributed by atoms with Gasteiger partial charge in [-0.1, -0.05) is 35.1 Å². The standard InChI is InChI=1S/C11H13N5S.ClH/c1-6-3-4-8(7(2)5-6)9-15-16-11(17-9)14-10(12)13;/h3-5H,1-2H3,(H4,12,13,14,16);1H. The second-order valence-electron chi connectivity index (χ2n) is 3.74. The molecule has 0 saturated carbocycles. The molecule has 1 aromatic carbocycles. The fourth-order valence-electron chi connectivity index (χ4n) is 1.53. The predicted octanol–water partition coefficient (Wildman–Crippen LogP) is 2.15. The van der Waals surface area contributed by atoms with Crippen LogP contribution < -0.4 is 11.5 Å². The van der Waals surface area contributed by atoms with Crippen molar-refractivity contribution in [2.45, 2.75) is 13.8 Å². The van der Waals surface area contributed by atoms with E-state index in [1.807, 2.05) is 19.1 Å². The Bertz CT molecular complexity index is 575. The maximum Gasteiger partial charge on any atom is 0.235 e. The molecular weight excluding hydrogens is 270 g/mol. The lowest BCUT2D eigenvalue weighted by Gasteiger charge is -2.01. The van der Waals surface area contributed by atoms with Gasteiger partial charge in [0.2, 0.25) is 5.13 Å². The summed E-state index contributed by atoms with van der Waals surface area (Å²) in [6.45, 7) is 4.10. The van der Waals surface area contributed by atoms with E-state index in [1.165, 1.54) is 16.9 Å². The molecule has 0 bridgehead atoms. The lowest BCUT2D eigenvalue weighted by molar-refractivity contribution is 1.08. The highest BCUT2D eigenvalue weighted by Gasteiger charge is 2.08. The molecule has 0 amide bonds. The highest BCUT2D eigenvalue weighted by Crippen LogP contribution is 2.30. The van der Waals surface area contributed by atoms with Crippen molar-refractivity contribution in [1.82, 2.24) is 10.2 Å². The van der Waals surface area contributed by atoms with Crippen LogP contribution in [0.2, 0.25) is 0 Å². The van der Waals surface area contributed by atoms with Gasteiger partial charge in [-0.05, 0) is 19.4 Å².